The monoisotopic (exact) mass is 397 g/mol. The number of para-hydroxylation sites is 1. The van der Waals surface area contributed by atoms with Crippen LogP contribution >= 0.6 is 0 Å². The third-order valence-corrected chi connectivity index (χ3v) is 3.75. The second-order valence-corrected chi connectivity index (χ2v) is 6.15. The van der Waals surface area contributed by atoms with E-state index in [1.807, 2.05) is 0 Å². The van der Waals surface area contributed by atoms with Gasteiger partial charge in [0, 0.05) is 24.0 Å². The standard InChI is InChI=1S/C20H17F2N5O2/c1-11-10-17(19(29)25-14-8-6-13(7-9-14)24-12(2)28)26-20(23-11)27-18-15(21)4-3-5-16(18)22/h3-10H,1-2H3,(H,24,28)(H,25,29)(H,23,26,27). The lowest BCUT2D eigenvalue weighted by Gasteiger charge is -2.10. The van der Waals surface area contributed by atoms with E-state index in [9.17, 15) is 18.4 Å². The Hall–Kier alpha value is -3.88. The molecular weight excluding hydrogens is 380 g/mol. The van der Waals surface area contributed by atoms with Gasteiger partial charge in [-0.2, -0.15) is 0 Å². The summed E-state index contributed by atoms with van der Waals surface area (Å²) in [5, 5.41) is 7.76. The number of aryl methyl sites for hydroxylation is 1. The van der Waals surface area contributed by atoms with Crippen LogP contribution in [0.5, 0.6) is 0 Å². The number of nitrogens with one attached hydrogen (secondary N) is 3. The quantitative estimate of drug-likeness (QED) is 0.604. The van der Waals surface area contributed by atoms with Crippen LogP contribution in [0.25, 0.3) is 0 Å². The molecule has 0 radical (unpaired) electrons. The summed E-state index contributed by atoms with van der Waals surface area (Å²) in [5.74, 6) is -2.45. The molecule has 0 atom stereocenters. The molecule has 0 saturated carbocycles. The van der Waals surface area contributed by atoms with E-state index in [2.05, 4.69) is 25.9 Å². The summed E-state index contributed by atoms with van der Waals surface area (Å²) in [6.07, 6.45) is 0. The first-order valence-electron chi connectivity index (χ1n) is 8.57. The lowest BCUT2D eigenvalue weighted by atomic mass is 10.2. The first-order valence-corrected chi connectivity index (χ1v) is 8.57. The minimum Gasteiger partial charge on any atom is -0.326 e. The normalized spacial score (nSPS) is 10.3. The highest BCUT2D eigenvalue weighted by Crippen LogP contribution is 2.22. The van der Waals surface area contributed by atoms with Crippen molar-refractivity contribution in [3.05, 3.63) is 71.6 Å². The minimum atomic E-state index is -0.805. The largest absolute Gasteiger partial charge is 0.326 e. The highest BCUT2D eigenvalue weighted by atomic mass is 19.1. The molecule has 9 heteroatoms. The van der Waals surface area contributed by atoms with Gasteiger partial charge in [0.25, 0.3) is 5.91 Å². The highest BCUT2D eigenvalue weighted by Gasteiger charge is 2.14. The van der Waals surface area contributed by atoms with E-state index in [0.29, 0.717) is 17.1 Å². The molecule has 3 aromatic rings. The van der Waals surface area contributed by atoms with Crippen molar-refractivity contribution in [2.45, 2.75) is 13.8 Å². The molecule has 1 aromatic heterocycles. The SMILES string of the molecule is CC(=O)Nc1ccc(NC(=O)c2cc(C)nc(Nc3c(F)cccc3F)n2)cc1. The number of anilines is 4. The number of rotatable bonds is 5. The van der Waals surface area contributed by atoms with Crippen molar-refractivity contribution in [3.8, 4) is 0 Å². The Morgan fingerprint density at radius 2 is 1.48 bits per heavy atom. The molecule has 2 amide bonds. The summed E-state index contributed by atoms with van der Waals surface area (Å²) < 4.78 is 27.7. The van der Waals surface area contributed by atoms with Crippen LogP contribution < -0.4 is 16.0 Å². The van der Waals surface area contributed by atoms with Crippen molar-refractivity contribution >= 4 is 34.8 Å². The Balaban J connectivity index is 1.78. The second-order valence-electron chi connectivity index (χ2n) is 6.15. The molecule has 1 heterocycles. The zero-order chi connectivity index (χ0) is 21.0. The zero-order valence-electron chi connectivity index (χ0n) is 15.6. The molecule has 3 N–H and O–H groups in total. The van der Waals surface area contributed by atoms with Gasteiger partial charge in [-0.3, -0.25) is 9.59 Å². The average Bonchev–Trinajstić information content (AvgIpc) is 2.65. The van der Waals surface area contributed by atoms with Crippen molar-refractivity contribution in [3.63, 3.8) is 0 Å². The molecule has 0 unspecified atom stereocenters. The molecule has 2 aromatic carbocycles. The van der Waals surface area contributed by atoms with E-state index < -0.39 is 23.2 Å². The van der Waals surface area contributed by atoms with Crippen molar-refractivity contribution in [1.29, 1.82) is 0 Å². The highest BCUT2D eigenvalue weighted by molar-refractivity contribution is 6.03. The van der Waals surface area contributed by atoms with Crippen LogP contribution in [0.1, 0.15) is 23.1 Å². The third kappa shape index (κ3) is 5.10. The van der Waals surface area contributed by atoms with Crippen molar-refractivity contribution < 1.29 is 18.4 Å². The average molecular weight is 397 g/mol. The molecule has 0 spiro atoms. The molecule has 0 aliphatic carbocycles. The van der Waals surface area contributed by atoms with Crippen molar-refractivity contribution in [2.75, 3.05) is 16.0 Å². The van der Waals surface area contributed by atoms with Crippen LogP contribution in [-0.2, 0) is 4.79 Å². The minimum absolute atomic E-state index is 0.0164. The van der Waals surface area contributed by atoms with E-state index in [0.717, 1.165) is 12.1 Å². The first-order chi connectivity index (χ1) is 13.8. The molecule has 0 aliphatic rings. The predicted molar refractivity (Wildman–Crippen MR) is 105 cm³/mol. The topological polar surface area (TPSA) is 96.0 Å². The number of carbonyl (C=O) groups excluding carboxylic acids is 2. The molecule has 0 saturated heterocycles. The molecule has 3 rings (SSSR count). The lowest BCUT2D eigenvalue weighted by molar-refractivity contribution is -0.114. The van der Waals surface area contributed by atoms with Gasteiger partial charge in [-0.1, -0.05) is 6.07 Å². The molecular formula is C20H17F2N5O2. The summed E-state index contributed by atoms with van der Waals surface area (Å²) in [6, 6.07) is 11.4. The van der Waals surface area contributed by atoms with Crippen molar-refractivity contribution in [2.24, 2.45) is 0 Å². The maximum absolute atomic E-state index is 13.8. The summed E-state index contributed by atoms with van der Waals surface area (Å²) in [7, 11) is 0. The van der Waals surface area contributed by atoms with Crippen LogP contribution in [0.3, 0.4) is 0 Å². The number of nitrogens with zero attached hydrogens (tertiary/aromatic N) is 2. The van der Waals surface area contributed by atoms with Gasteiger partial charge in [-0.25, -0.2) is 18.7 Å². The Kier molecular flexibility index (Phi) is 5.77. The summed E-state index contributed by atoms with van der Waals surface area (Å²) >= 11 is 0. The lowest BCUT2D eigenvalue weighted by Crippen LogP contribution is -2.16. The second kappa shape index (κ2) is 8.42. The maximum Gasteiger partial charge on any atom is 0.274 e. The van der Waals surface area contributed by atoms with E-state index in [4.69, 9.17) is 0 Å². The fourth-order valence-corrected chi connectivity index (χ4v) is 2.51. The Morgan fingerprint density at radius 1 is 0.897 bits per heavy atom. The summed E-state index contributed by atoms with van der Waals surface area (Å²) in [4.78, 5) is 31.7. The molecule has 0 bridgehead atoms. The number of carbonyl (C=O) groups is 2. The number of hydrogen-bond acceptors (Lipinski definition) is 5. The van der Waals surface area contributed by atoms with Gasteiger partial charge < -0.3 is 16.0 Å². The number of amides is 2. The van der Waals surface area contributed by atoms with Gasteiger partial charge in [0.15, 0.2) is 0 Å². The van der Waals surface area contributed by atoms with Gasteiger partial charge in [0.1, 0.15) is 23.0 Å². The van der Waals surface area contributed by atoms with Crippen molar-refractivity contribution in [1.82, 2.24) is 9.97 Å². The Labute approximate surface area is 165 Å². The van der Waals surface area contributed by atoms with E-state index in [1.165, 1.54) is 19.1 Å². The fraction of sp³-hybridized carbons (Fsp3) is 0.100. The van der Waals surface area contributed by atoms with Crippen LogP contribution in [0, 0.1) is 18.6 Å². The van der Waals surface area contributed by atoms with Gasteiger partial charge in [0.05, 0.1) is 0 Å². The number of halogens is 2. The van der Waals surface area contributed by atoms with E-state index in [-0.39, 0.29) is 17.5 Å². The van der Waals surface area contributed by atoms with E-state index in [1.54, 1.807) is 31.2 Å². The summed E-state index contributed by atoms with van der Waals surface area (Å²) in [6.45, 7) is 3.02. The molecule has 148 valence electrons. The molecule has 0 aliphatic heterocycles. The Bertz CT molecular complexity index is 1050. The number of benzene rings is 2. The van der Waals surface area contributed by atoms with Crippen LogP contribution in [0.15, 0.2) is 48.5 Å². The third-order valence-electron chi connectivity index (χ3n) is 3.75. The number of aromatic nitrogens is 2. The number of hydrogen-bond donors (Lipinski definition) is 3. The van der Waals surface area contributed by atoms with Crippen LogP contribution in [0.2, 0.25) is 0 Å². The van der Waals surface area contributed by atoms with Gasteiger partial charge in [0.2, 0.25) is 11.9 Å². The fourth-order valence-electron chi connectivity index (χ4n) is 2.51. The van der Waals surface area contributed by atoms with Crippen LogP contribution in [0.4, 0.5) is 31.8 Å². The summed E-state index contributed by atoms with van der Waals surface area (Å²) in [5.41, 5.74) is 1.12. The molecule has 7 nitrogen and oxygen atoms in total. The molecule has 0 fully saturated rings. The van der Waals surface area contributed by atoms with E-state index >= 15 is 0 Å². The van der Waals surface area contributed by atoms with Gasteiger partial charge >= 0.3 is 0 Å². The Morgan fingerprint density at radius 3 is 2.07 bits per heavy atom. The molecule has 29 heavy (non-hydrogen) atoms. The zero-order valence-corrected chi connectivity index (χ0v) is 15.6. The maximum atomic E-state index is 13.8. The first kappa shape index (κ1) is 19.9. The van der Waals surface area contributed by atoms with Gasteiger partial charge in [-0.15, -0.1) is 0 Å². The predicted octanol–water partition coefficient (Wildman–Crippen LogP) is 4.02. The van der Waals surface area contributed by atoms with Crippen LogP contribution in [-0.4, -0.2) is 21.8 Å². The smallest absolute Gasteiger partial charge is 0.274 e. The van der Waals surface area contributed by atoms with Gasteiger partial charge in [-0.05, 0) is 49.4 Å².